The third-order valence-electron chi connectivity index (χ3n) is 4.48. The average Bonchev–Trinajstić information content (AvgIpc) is 2.94. The van der Waals surface area contributed by atoms with Gasteiger partial charge in [0, 0.05) is 16.8 Å². The first-order chi connectivity index (χ1) is 12.5. The second kappa shape index (κ2) is 7.87. The number of aromatic nitrogens is 2. The number of alkyl halides is 1. The Hall–Kier alpha value is -2.40. The number of carboxylic acid groups (broad SMARTS) is 1. The predicted molar refractivity (Wildman–Crippen MR) is 100 cm³/mol. The Bertz CT molecular complexity index is 952. The van der Waals surface area contributed by atoms with Crippen LogP contribution in [0.15, 0.2) is 36.4 Å². The van der Waals surface area contributed by atoms with Crippen molar-refractivity contribution in [3.8, 4) is 0 Å². The fourth-order valence-electron chi connectivity index (χ4n) is 3.08. The number of aryl methyl sites for hydroxylation is 2. The van der Waals surface area contributed by atoms with Crippen LogP contribution in [-0.2, 0) is 24.4 Å². The molecular weight excluding hydrogens is 355 g/mol. The number of hydrogen-bond donors (Lipinski definition) is 1. The molecule has 0 aliphatic rings. The van der Waals surface area contributed by atoms with E-state index in [2.05, 4.69) is 5.10 Å². The number of aliphatic carboxylic acids is 1. The maximum atomic E-state index is 13.1. The normalized spacial score (nSPS) is 11.2. The molecular formula is C20H20ClFN2O2. The second-order valence-electron chi connectivity index (χ2n) is 6.41. The summed E-state index contributed by atoms with van der Waals surface area (Å²) in [7, 11) is 0. The molecule has 0 amide bonds. The van der Waals surface area contributed by atoms with Gasteiger partial charge in [-0.3, -0.25) is 9.48 Å². The summed E-state index contributed by atoms with van der Waals surface area (Å²) in [5.74, 6) is -0.815. The first kappa shape index (κ1) is 18.4. The summed E-state index contributed by atoms with van der Waals surface area (Å²) in [6.45, 7) is 2.01. The smallest absolute Gasteiger partial charge is 0.303 e. The number of carbonyl (C=O) groups is 1. The van der Waals surface area contributed by atoms with E-state index >= 15 is 0 Å². The van der Waals surface area contributed by atoms with E-state index in [0.717, 1.165) is 27.7 Å². The maximum absolute atomic E-state index is 13.1. The van der Waals surface area contributed by atoms with Crippen LogP contribution in [0.2, 0.25) is 5.02 Å². The highest BCUT2D eigenvalue weighted by Crippen LogP contribution is 2.24. The Morgan fingerprint density at radius 1 is 1.27 bits per heavy atom. The van der Waals surface area contributed by atoms with E-state index < -0.39 is 12.6 Å². The third kappa shape index (κ3) is 4.05. The highest BCUT2D eigenvalue weighted by molar-refractivity contribution is 6.30. The monoisotopic (exact) mass is 374 g/mol. The van der Waals surface area contributed by atoms with Crippen molar-refractivity contribution in [3.63, 3.8) is 0 Å². The summed E-state index contributed by atoms with van der Waals surface area (Å²) >= 11 is 6.03. The Labute approximate surface area is 156 Å². The van der Waals surface area contributed by atoms with Gasteiger partial charge in [0.05, 0.1) is 17.8 Å². The van der Waals surface area contributed by atoms with E-state index in [1.807, 2.05) is 41.9 Å². The SMILES string of the molecule is Cc1cc(Cl)ccc1Cn1nc(CCCC(=O)O)c2ccc(CF)cc21. The van der Waals surface area contributed by atoms with Crippen molar-refractivity contribution < 1.29 is 14.3 Å². The van der Waals surface area contributed by atoms with E-state index in [4.69, 9.17) is 16.7 Å². The lowest BCUT2D eigenvalue weighted by atomic mass is 10.1. The Kier molecular flexibility index (Phi) is 5.57. The van der Waals surface area contributed by atoms with E-state index in [9.17, 15) is 9.18 Å². The molecule has 3 rings (SSSR count). The molecule has 2 aromatic carbocycles. The molecule has 26 heavy (non-hydrogen) atoms. The molecule has 0 atom stereocenters. The van der Waals surface area contributed by atoms with E-state index in [-0.39, 0.29) is 6.42 Å². The fourth-order valence-corrected chi connectivity index (χ4v) is 3.31. The number of carboxylic acids is 1. The molecule has 0 unspecified atom stereocenters. The topological polar surface area (TPSA) is 55.1 Å². The predicted octanol–water partition coefficient (Wildman–Crippen LogP) is 4.92. The van der Waals surface area contributed by atoms with Gasteiger partial charge < -0.3 is 5.11 Å². The summed E-state index contributed by atoms with van der Waals surface area (Å²) in [4.78, 5) is 10.8. The van der Waals surface area contributed by atoms with E-state index in [0.29, 0.717) is 30.0 Å². The first-order valence-electron chi connectivity index (χ1n) is 8.49. The van der Waals surface area contributed by atoms with Crippen LogP contribution in [0.5, 0.6) is 0 Å². The minimum Gasteiger partial charge on any atom is -0.481 e. The number of fused-ring (bicyclic) bond motifs is 1. The fraction of sp³-hybridized carbons (Fsp3) is 0.300. The molecule has 4 nitrogen and oxygen atoms in total. The van der Waals surface area contributed by atoms with Crippen molar-refractivity contribution >= 4 is 28.5 Å². The summed E-state index contributed by atoms with van der Waals surface area (Å²) in [5, 5.41) is 15.2. The lowest BCUT2D eigenvalue weighted by molar-refractivity contribution is -0.137. The molecule has 0 aliphatic heterocycles. The van der Waals surface area contributed by atoms with Crippen LogP contribution in [0.1, 0.15) is 35.2 Å². The lowest BCUT2D eigenvalue weighted by Crippen LogP contribution is -2.04. The Balaban J connectivity index is 1.98. The minimum atomic E-state index is -0.815. The zero-order valence-corrected chi connectivity index (χ0v) is 15.3. The van der Waals surface area contributed by atoms with Crippen molar-refractivity contribution in [3.05, 3.63) is 63.8 Å². The highest BCUT2D eigenvalue weighted by atomic mass is 35.5. The quantitative estimate of drug-likeness (QED) is 0.638. The molecule has 136 valence electrons. The van der Waals surface area contributed by atoms with Gasteiger partial charge in [-0.25, -0.2) is 4.39 Å². The zero-order chi connectivity index (χ0) is 18.7. The molecule has 0 aliphatic carbocycles. The van der Waals surface area contributed by atoms with Crippen LogP contribution < -0.4 is 0 Å². The van der Waals surface area contributed by atoms with Crippen LogP contribution >= 0.6 is 11.6 Å². The van der Waals surface area contributed by atoms with Crippen LogP contribution in [0.25, 0.3) is 10.9 Å². The third-order valence-corrected chi connectivity index (χ3v) is 4.71. The second-order valence-corrected chi connectivity index (χ2v) is 6.84. The molecule has 3 aromatic rings. The first-order valence-corrected chi connectivity index (χ1v) is 8.87. The van der Waals surface area contributed by atoms with Crippen molar-refractivity contribution in [2.45, 2.75) is 39.4 Å². The highest BCUT2D eigenvalue weighted by Gasteiger charge is 2.13. The number of rotatable bonds is 7. The van der Waals surface area contributed by atoms with Gasteiger partial charge in [0.15, 0.2) is 0 Å². The number of nitrogens with zero attached hydrogens (tertiary/aromatic N) is 2. The van der Waals surface area contributed by atoms with Crippen molar-refractivity contribution in [2.24, 2.45) is 0 Å². The minimum absolute atomic E-state index is 0.104. The van der Waals surface area contributed by atoms with Gasteiger partial charge in [-0.1, -0.05) is 29.8 Å². The van der Waals surface area contributed by atoms with Crippen LogP contribution in [0, 0.1) is 6.92 Å². The summed E-state index contributed by atoms with van der Waals surface area (Å²) in [5.41, 5.74) is 4.46. The molecule has 0 saturated carbocycles. The number of benzene rings is 2. The van der Waals surface area contributed by atoms with E-state index in [1.54, 1.807) is 6.07 Å². The lowest BCUT2D eigenvalue weighted by Gasteiger charge is -2.08. The largest absolute Gasteiger partial charge is 0.481 e. The molecule has 1 N–H and O–H groups in total. The van der Waals surface area contributed by atoms with Gasteiger partial charge in [-0.05, 0) is 54.7 Å². The molecule has 0 radical (unpaired) electrons. The maximum Gasteiger partial charge on any atom is 0.303 e. The summed E-state index contributed by atoms with van der Waals surface area (Å²) in [6.07, 6.45) is 1.20. The summed E-state index contributed by atoms with van der Waals surface area (Å²) in [6, 6.07) is 11.2. The molecule has 0 fully saturated rings. The van der Waals surface area contributed by atoms with Crippen molar-refractivity contribution in [1.29, 1.82) is 0 Å². The molecule has 0 spiro atoms. The van der Waals surface area contributed by atoms with Gasteiger partial charge in [0.25, 0.3) is 0 Å². The van der Waals surface area contributed by atoms with Gasteiger partial charge in [-0.15, -0.1) is 0 Å². The molecule has 1 heterocycles. The average molecular weight is 375 g/mol. The van der Waals surface area contributed by atoms with E-state index in [1.165, 1.54) is 0 Å². The molecule has 0 bridgehead atoms. The standard InChI is InChI=1S/C20H20ClFN2O2/c1-13-9-16(21)7-6-15(13)12-24-19-10-14(11-22)5-8-17(19)18(23-24)3-2-4-20(25)26/h5-10H,2-4,11-12H2,1H3,(H,25,26). The zero-order valence-electron chi connectivity index (χ0n) is 14.5. The Morgan fingerprint density at radius 3 is 2.77 bits per heavy atom. The number of halogens is 2. The number of hydrogen-bond acceptors (Lipinski definition) is 2. The van der Waals surface area contributed by atoms with Gasteiger partial charge in [0.1, 0.15) is 6.67 Å². The van der Waals surface area contributed by atoms with Crippen LogP contribution in [-0.4, -0.2) is 20.9 Å². The molecule has 0 saturated heterocycles. The van der Waals surface area contributed by atoms with Crippen LogP contribution in [0.4, 0.5) is 4.39 Å². The molecule has 1 aromatic heterocycles. The van der Waals surface area contributed by atoms with Crippen molar-refractivity contribution in [1.82, 2.24) is 9.78 Å². The Morgan fingerprint density at radius 2 is 2.08 bits per heavy atom. The molecule has 6 heteroatoms. The van der Waals surface area contributed by atoms with Crippen LogP contribution in [0.3, 0.4) is 0 Å². The summed E-state index contributed by atoms with van der Waals surface area (Å²) < 4.78 is 15.0. The van der Waals surface area contributed by atoms with Gasteiger partial charge >= 0.3 is 5.97 Å². The van der Waals surface area contributed by atoms with Gasteiger partial charge in [0.2, 0.25) is 0 Å². The van der Waals surface area contributed by atoms with Gasteiger partial charge in [-0.2, -0.15) is 5.10 Å². The van der Waals surface area contributed by atoms with Crippen molar-refractivity contribution in [2.75, 3.05) is 0 Å².